The second-order valence-electron chi connectivity index (χ2n) is 4.76. The van der Waals surface area contributed by atoms with Crippen molar-refractivity contribution in [3.05, 3.63) is 30.5 Å². The van der Waals surface area contributed by atoms with E-state index in [1.807, 2.05) is 42.2 Å². The molecule has 2 atom stereocenters. The summed E-state index contributed by atoms with van der Waals surface area (Å²) in [7, 11) is 0. The molecule has 1 aliphatic rings. The number of para-hydroxylation sites is 2. The molecule has 1 N–H and O–H groups in total. The van der Waals surface area contributed by atoms with E-state index in [-0.39, 0.29) is 0 Å². The fourth-order valence-electron chi connectivity index (χ4n) is 2.52. The van der Waals surface area contributed by atoms with Gasteiger partial charge in [-0.25, -0.2) is 4.98 Å². The van der Waals surface area contributed by atoms with Gasteiger partial charge < -0.3 is 5.32 Å². The van der Waals surface area contributed by atoms with Gasteiger partial charge in [-0.3, -0.25) is 4.98 Å². The van der Waals surface area contributed by atoms with E-state index >= 15 is 0 Å². The predicted octanol–water partition coefficient (Wildman–Crippen LogP) is 3.33. The van der Waals surface area contributed by atoms with E-state index in [1.165, 1.54) is 19.3 Å². The first kappa shape index (κ1) is 11.8. The summed E-state index contributed by atoms with van der Waals surface area (Å²) < 4.78 is 0. The number of fused-ring (bicyclic) bond motifs is 1. The molecule has 0 radical (unpaired) electrons. The van der Waals surface area contributed by atoms with Gasteiger partial charge in [0.05, 0.1) is 17.2 Å². The molecule has 3 nitrogen and oxygen atoms in total. The molecular weight excluding hydrogens is 242 g/mol. The van der Waals surface area contributed by atoms with E-state index in [2.05, 4.69) is 21.5 Å². The zero-order valence-corrected chi connectivity index (χ0v) is 11.3. The zero-order chi connectivity index (χ0) is 12.4. The van der Waals surface area contributed by atoms with Gasteiger partial charge in [0.15, 0.2) is 0 Å². The highest BCUT2D eigenvalue weighted by Gasteiger charge is 2.23. The lowest BCUT2D eigenvalue weighted by Gasteiger charge is -2.13. The molecule has 1 aromatic heterocycles. The van der Waals surface area contributed by atoms with Gasteiger partial charge in [0.1, 0.15) is 5.82 Å². The number of anilines is 1. The number of nitrogens with zero attached hydrogens (tertiary/aromatic N) is 2. The smallest absolute Gasteiger partial charge is 0.145 e. The quantitative estimate of drug-likeness (QED) is 0.917. The second kappa shape index (κ2) is 5.14. The van der Waals surface area contributed by atoms with Crippen molar-refractivity contribution in [1.29, 1.82) is 0 Å². The summed E-state index contributed by atoms with van der Waals surface area (Å²) >= 11 is 1.97. The molecule has 1 aliphatic carbocycles. The summed E-state index contributed by atoms with van der Waals surface area (Å²) in [6.45, 7) is 0. The van der Waals surface area contributed by atoms with Crippen LogP contribution in [0.1, 0.15) is 19.3 Å². The van der Waals surface area contributed by atoms with Crippen LogP contribution in [0.15, 0.2) is 30.5 Å². The Hall–Kier alpha value is -1.29. The van der Waals surface area contributed by atoms with E-state index in [0.717, 1.165) is 22.1 Å². The van der Waals surface area contributed by atoms with Gasteiger partial charge in [0.2, 0.25) is 0 Å². The maximum Gasteiger partial charge on any atom is 0.145 e. The fraction of sp³-hybridized carbons (Fsp3) is 0.429. The number of thioether (sulfide) groups is 1. The molecule has 94 valence electrons. The average molecular weight is 259 g/mol. The molecular formula is C14H17N3S. The van der Waals surface area contributed by atoms with Crippen LogP contribution >= 0.6 is 11.8 Å². The number of hydrogen-bond acceptors (Lipinski definition) is 4. The van der Waals surface area contributed by atoms with Gasteiger partial charge >= 0.3 is 0 Å². The summed E-state index contributed by atoms with van der Waals surface area (Å²) in [5.41, 5.74) is 1.92. The molecule has 0 bridgehead atoms. The molecule has 0 amide bonds. The van der Waals surface area contributed by atoms with Crippen LogP contribution in [0.25, 0.3) is 11.0 Å². The number of nitrogens with one attached hydrogen (secondary N) is 1. The highest BCUT2D eigenvalue weighted by Crippen LogP contribution is 2.29. The highest BCUT2D eigenvalue weighted by atomic mass is 32.2. The zero-order valence-electron chi connectivity index (χ0n) is 10.5. The predicted molar refractivity (Wildman–Crippen MR) is 78.1 cm³/mol. The minimum atomic E-state index is 0.554. The van der Waals surface area contributed by atoms with Crippen molar-refractivity contribution in [2.45, 2.75) is 30.6 Å². The lowest BCUT2D eigenvalue weighted by molar-refractivity contribution is 0.752. The molecule has 1 aromatic carbocycles. The van der Waals surface area contributed by atoms with Crippen LogP contribution in [-0.4, -0.2) is 27.5 Å². The fourth-order valence-corrected chi connectivity index (χ4v) is 3.32. The van der Waals surface area contributed by atoms with Crippen molar-refractivity contribution in [1.82, 2.24) is 9.97 Å². The molecule has 2 aromatic rings. The Bertz CT molecular complexity index is 543. The SMILES string of the molecule is CSC1CCC(Nc2cnc3ccccc3n2)C1. The third kappa shape index (κ3) is 2.43. The molecule has 3 rings (SSSR count). The largest absolute Gasteiger partial charge is 0.366 e. The van der Waals surface area contributed by atoms with Gasteiger partial charge in [-0.2, -0.15) is 11.8 Å². The van der Waals surface area contributed by atoms with Crippen molar-refractivity contribution in [3.63, 3.8) is 0 Å². The first-order valence-electron chi connectivity index (χ1n) is 6.36. The molecule has 2 unspecified atom stereocenters. The maximum atomic E-state index is 4.61. The maximum absolute atomic E-state index is 4.61. The van der Waals surface area contributed by atoms with Crippen LogP contribution in [0.5, 0.6) is 0 Å². The van der Waals surface area contributed by atoms with Crippen LogP contribution in [0.2, 0.25) is 0 Å². The minimum Gasteiger partial charge on any atom is -0.366 e. The van der Waals surface area contributed by atoms with Gasteiger partial charge in [0.25, 0.3) is 0 Å². The van der Waals surface area contributed by atoms with Gasteiger partial charge in [-0.15, -0.1) is 0 Å². The summed E-state index contributed by atoms with van der Waals surface area (Å²) in [4.78, 5) is 9.04. The van der Waals surface area contributed by atoms with Crippen LogP contribution in [0, 0.1) is 0 Å². The highest BCUT2D eigenvalue weighted by molar-refractivity contribution is 7.99. The second-order valence-corrected chi connectivity index (χ2v) is 5.89. The van der Waals surface area contributed by atoms with E-state index in [1.54, 1.807) is 0 Å². The molecule has 4 heteroatoms. The van der Waals surface area contributed by atoms with Crippen molar-refractivity contribution in [2.24, 2.45) is 0 Å². The molecule has 0 saturated heterocycles. The normalized spacial score (nSPS) is 23.4. The summed E-state index contributed by atoms with van der Waals surface area (Å²) in [6.07, 6.45) is 7.81. The topological polar surface area (TPSA) is 37.8 Å². The van der Waals surface area contributed by atoms with Gasteiger partial charge in [0, 0.05) is 11.3 Å². The lowest BCUT2D eigenvalue weighted by atomic mass is 10.2. The molecule has 18 heavy (non-hydrogen) atoms. The van der Waals surface area contributed by atoms with Crippen molar-refractivity contribution < 1.29 is 0 Å². The first-order valence-corrected chi connectivity index (χ1v) is 7.65. The van der Waals surface area contributed by atoms with Crippen LogP contribution in [0.3, 0.4) is 0 Å². The minimum absolute atomic E-state index is 0.554. The Morgan fingerprint density at radius 1 is 1.22 bits per heavy atom. The number of rotatable bonds is 3. The third-order valence-electron chi connectivity index (χ3n) is 3.52. The van der Waals surface area contributed by atoms with Crippen molar-refractivity contribution in [3.8, 4) is 0 Å². The number of benzene rings is 1. The van der Waals surface area contributed by atoms with Crippen molar-refractivity contribution >= 4 is 28.6 Å². The Morgan fingerprint density at radius 3 is 2.83 bits per heavy atom. The first-order chi connectivity index (χ1) is 8.85. The van der Waals surface area contributed by atoms with Crippen molar-refractivity contribution in [2.75, 3.05) is 11.6 Å². The molecule has 1 fully saturated rings. The van der Waals surface area contributed by atoms with Gasteiger partial charge in [-0.05, 0) is 37.7 Å². The molecule has 0 aliphatic heterocycles. The Balaban J connectivity index is 1.75. The molecule has 1 saturated carbocycles. The van der Waals surface area contributed by atoms with E-state index < -0.39 is 0 Å². The standard InChI is InChI=1S/C14H17N3S/c1-18-11-7-6-10(8-11)16-14-9-15-12-4-2-3-5-13(12)17-14/h2-5,9-11H,6-8H2,1H3,(H,16,17). The Kier molecular flexibility index (Phi) is 3.37. The van der Waals surface area contributed by atoms with E-state index in [0.29, 0.717) is 6.04 Å². The summed E-state index contributed by atoms with van der Waals surface area (Å²) in [6, 6.07) is 8.54. The van der Waals surface area contributed by atoms with E-state index in [4.69, 9.17) is 0 Å². The molecule has 0 spiro atoms. The average Bonchev–Trinajstić information content (AvgIpc) is 2.86. The monoisotopic (exact) mass is 259 g/mol. The van der Waals surface area contributed by atoms with Gasteiger partial charge in [-0.1, -0.05) is 12.1 Å². The summed E-state index contributed by atoms with van der Waals surface area (Å²) in [5.74, 6) is 0.903. The summed E-state index contributed by atoms with van der Waals surface area (Å²) in [5, 5.41) is 4.31. The number of hydrogen-bond donors (Lipinski definition) is 1. The third-order valence-corrected chi connectivity index (χ3v) is 4.61. The molecule has 1 heterocycles. The van der Waals surface area contributed by atoms with E-state index in [9.17, 15) is 0 Å². The van der Waals surface area contributed by atoms with Crippen LogP contribution in [-0.2, 0) is 0 Å². The Morgan fingerprint density at radius 2 is 2.06 bits per heavy atom. The number of aromatic nitrogens is 2. The lowest BCUT2D eigenvalue weighted by Crippen LogP contribution is -2.17. The van der Waals surface area contributed by atoms with Crippen LogP contribution in [0.4, 0.5) is 5.82 Å². The Labute approximate surface area is 111 Å². The van der Waals surface area contributed by atoms with Crippen LogP contribution < -0.4 is 5.32 Å².